The Balaban J connectivity index is 2.43. The van der Waals surface area contributed by atoms with Crippen LogP contribution in [0.4, 0.5) is 4.79 Å². The van der Waals surface area contributed by atoms with Gasteiger partial charge >= 0.3 is 6.09 Å². The van der Waals surface area contributed by atoms with E-state index in [4.69, 9.17) is 9.84 Å². The zero-order chi connectivity index (χ0) is 11.6. The van der Waals surface area contributed by atoms with Crippen molar-refractivity contribution in [1.29, 1.82) is 0 Å². The quantitative estimate of drug-likeness (QED) is 0.672. The van der Waals surface area contributed by atoms with Crippen LogP contribution in [0.15, 0.2) is 11.1 Å². The van der Waals surface area contributed by atoms with E-state index >= 15 is 0 Å². The Hall–Kier alpha value is -1.03. The number of carbonyl (C=O) groups excluding carboxylic acids is 1. The molecule has 0 spiro atoms. The Labute approximate surface area is 90.5 Å². The summed E-state index contributed by atoms with van der Waals surface area (Å²) in [6.45, 7) is 8.66. The van der Waals surface area contributed by atoms with Crippen molar-refractivity contribution in [2.75, 3.05) is 19.7 Å². The number of nitrogens with zero attached hydrogens (tertiary/aromatic N) is 1. The highest BCUT2D eigenvalue weighted by Gasteiger charge is 2.30. The SMILES string of the molecule is CC(CO)=C1CN(C(=O)OC(C)(C)C)C1. The van der Waals surface area contributed by atoms with E-state index in [0.29, 0.717) is 13.1 Å². The van der Waals surface area contributed by atoms with Crippen LogP contribution in [0.2, 0.25) is 0 Å². The van der Waals surface area contributed by atoms with E-state index in [-0.39, 0.29) is 12.7 Å². The summed E-state index contributed by atoms with van der Waals surface area (Å²) in [5, 5.41) is 8.89. The first-order valence-corrected chi connectivity index (χ1v) is 5.10. The van der Waals surface area contributed by atoms with Crippen molar-refractivity contribution in [3.05, 3.63) is 11.1 Å². The first-order chi connectivity index (χ1) is 6.83. The van der Waals surface area contributed by atoms with Gasteiger partial charge in [0, 0.05) is 13.1 Å². The number of hydrogen-bond acceptors (Lipinski definition) is 3. The summed E-state index contributed by atoms with van der Waals surface area (Å²) in [5.74, 6) is 0. The second-order valence-electron chi connectivity index (χ2n) is 4.88. The van der Waals surface area contributed by atoms with Gasteiger partial charge < -0.3 is 14.7 Å². The molecule has 4 heteroatoms. The zero-order valence-electron chi connectivity index (χ0n) is 9.83. The molecule has 0 radical (unpaired) electrons. The van der Waals surface area contributed by atoms with Gasteiger partial charge in [-0.25, -0.2) is 4.79 Å². The van der Waals surface area contributed by atoms with Crippen LogP contribution in [0, 0.1) is 0 Å². The van der Waals surface area contributed by atoms with Gasteiger partial charge in [-0.3, -0.25) is 0 Å². The fraction of sp³-hybridized carbons (Fsp3) is 0.727. The van der Waals surface area contributed by atoms with Crippen LogP contribution in [0.5, 0.6) is 0 Å². The lowest BCUT2D eigenvalue weighted by molar-refractivity contribution is 0.0211. The lowest BCUT2D eigenvalue weighted by Gasteiger charge is -2.36. The van der Waals surface area contributed by atoms with Gasteiger partial charge in [0.2, 0.25) is 0 Å². The first kappa shape index (κ1) is 12.0. The Morgan fingerprint density at radius 3 is 2.40 bits per heavy atom. The van der Waals surface area contributed by atoms with Crippen molar-refractivity contribution in [1.82, 2.24) is 4.90 Å². The van der Waals surface area contributed by atoms with Gasteiger partial charge in [-0.1, -0.05) is 0 Å². The minimum absolute atomic E-state index is 0.0670. The van der Waals surface area contributed by atoms with Crippen molar-refractivity contribution in [3.63, 3.8) is 0 Å². The van der Waals surface area contributed by atoms with Crippen molar-refractivity contribution in [3.8, 4) is 0 Å². The molecule has 0 atom stereocenters. The molecule has 1 rings (SSSR count). The molecule has 0 saturated carbocycles. The molecule has 0 aromatic heterocycles. The predicted molar refractivity (Wildman–Crippen MR) is 57.6 cm³/mol. The molecular weight excluding hydrogens is 194 g/mol. The molecule has 4 nitrogen and oxygen atoms in total. The van der Waals surface area contributed by atoms with E-state index in [0.717, 1.165) is 11.1 Å². The van der Waals surface area contributed by atoms with Crippen LogP contribution in [0.3, 0.4) is 0 Å². The second kappa shape index (κ2) is 4.23. The molecule has 1 fully saturated rings. The van der Waals surface area contributed by atoms with E-state index in [1.54, 1.807) is 4.90 Å². The third-order valence-corrected chi connectivity index (χ3v) is 2.26. The summed E-state index contributed by atoms with van der Waals surface area (Å²) in [6, 6.07) is 0. The van der Waals surface area contributed by atoms with Crippen LogP contribution in [0.1, 0.15) is 27.7 Å². The van der Waals surface area contributed by atoms with Gasteiger partial charge in [0.15, 0.2) is 0 Å². The molecule has 1 aliphatic rings. The summed E-state index contributed by atoms with van der Waals surface area (Å²) < 4.78 is 5.21. The summed E-state index contributed by atoms with van der Waals surface area (Å²) in [7, 11) is 0. The van der Waals surface area contributed by atoms with Crippen LogP contribution in [0.25, 0.3) is 0 Å². The molecule has 1 amide bonds. The third-order valence-electron chi connectivity index (χ3n) is 2.26. The maximum atomic E-state index is 11.5. The maximum Gasteiger partial charge on any atom is 0.410 e. The molecule has 0 unspecified atom stereocenters. The van der Waals surface area contributed by atoms with E-state index in [1.165, 1.54) is 0 Å². The van der Waals surface area contributed by atoms with E-state index < -0.39 is 5.60 Å². The average molecular weight is 213 g/mol. The molecule has 1 N–H and O–H groups in total. The second-order valence-corrected chi connectivity index (χ2v) is 4.88. The van der Waals surface area contributed by atoms with Crippen molar-refractivity contribution in [2.45, 2.75) is 33.3 Å². The van der Waals surface area contributed by atoms with Crippen LogP contribution in [-0.4, -0.2) is 41.4 Å². The minimum atomic E-state index is -0.442. The van der Waals surface area contributed by atoms with Gasteiger partial charge in [0.25, 0.3) is 0 Å². The molecule has 0 aliphatic carbocycles. The molecule has 0 aromatic carbocycles. The highest BCUT2D eigenvalue weighted by Crippen LogP contribution is 2.21. The van der Waals surface area contributed by atoms with Gasteiger partial charge in [-0.05, 0) is 38.8 Å². The van der Waals surface area contributed by atoms with Gasteiger partial charge in [0.05, 0.1) is 6.61 Å². The molecule has 15 heavy (non-hydrogen) atoms. The molecule has 1 saturated heterocycles. The van der Waals surface area contributed by atoms with Crippen molar-refractivity contribution in [2.24, 2.45) is 0 Å². The van der Waals surface area contributed by atoms with Gasteiger partial charge in [-0.15, -0.1) is 0 Å². The van der Waals surface area contributed by atoms with Crippen molar-refractivity contribution < 1.29 is 14.6 Å². The molecular formula is C11H19NO3. The van der Waals surface area contributed by atoms with Crippen molar-refractivity contribution >= 4 is 6.09 Å². The molecule has 0 aromatic rings. The number of ether oxygens (including phenoxy) is 1. The Morgan fingerprint density at radius 2 is 2.00 bits per heavy atom. The monoisotopic (exact) mass is 213 g/mol. The topological polar surface area (TPSA) is 49.8 Å². The summed E-state index contributed by atoms with van der Waals surface area (Å²) in [6.07, 6.45) is -0.281. The number of aliphatic hydroxyl groups is 1. The first-order valence-electron chi connectivity index (χ1n) is 5.10. The van der Waals surface area contributed by atoms with E-state index in [2.05, 4.69) is 0 Å². The molecule has 0 bridgehead atoms. The average Bonchev–Trinajstić information content (AvgIpc) is 1.97. The largest absolute Gasteiger partial charge is 0.444 e. The number of rotatable bonds is 1. The maximum absolute atomic E-state index is 11.5. The number of hydrogen-bond donors (Lipinski definition) is 1. The lowest BCUT2D eigenvalue weighted by Crippen LogP contribution is -2.47. The highest BCUT2D eigenvalue weighted by molar-refractivity contribution is 5.70. The van der Waals surface area contributed by atoms with E-state index in [9.17, 15) is 4.79 Å². The highest BCUT2D eigenvalue weighted by atomic mass is 16.6. The Morgan fingerprint density at radius 1 is 1.47 bits per heavy atom. The zero-order valence-corrected chi connectivity index (χ0v) is 9.83. The molecule has 86 valence electrons. The summed E-state index contributed by atoms with van der Waals surface area (Å²) >= 11 is 0. The molecule has 1 aliphatic heterocycles. The standard InChI is InChI=1S/C11H19NO3/c1-8(7-13)9-5-12(6-9)10(14)15-11(2,3)4/h13H,5-7H2,1-4H3. The Bertz CT molecular complexity index is 281. The van der Waals surface area contributed by atoms with Crippen LogP contribution >= 0.6 is 0 Å². The number of amides is 1. The third kappa shape index (κ3) is 3.23. The number of aliphatic hydroxyl groups excluding tert-OH is 1. The van der Waals surface area contributed by atoms with Gasteiger partial charge in [-0.2, -0.15) is 0 Å². The smallest absolute Gasteiger partial charge is 0.410 e. The van der Waals surface area contributed by atoms with Gasteiger partial charge in [0.1, 0.15) is 5.60 Å². The van der Waals surface area contributed by atoms with E-state index in [1.807, 2.05) is 27.7 Å². The number of likely N-dealkylation sites (tertiary alicyclic amines) is 1. The van der Waals surface area contributed by atoms with Crippen LogP contribution < -0.4 is 0 Å². The lowest BCUT2D eigenvalue weighted by atomic mass is 10.0. The summed E-state index contributed by atoms with van der Waals surface area (Å²) in [5.41, 5.74) is 1.64. The predicted octanol–water partition coefficient (Wildman–Crippen LogP) is 1.55. The Kier molecular flexibility index (Phi) is 3.39. The van der Waals surface area contributed by atoms with Crippen LogP contribution in [-0.2, 0) is 4.74 Å². The fourth-order valence-corrected chi connectivity index (χ4v) is 1.25. The minimum Gasteiger partial charge on any atom is -0.444 e. The number of carbonyl (C=O) groups is 1. The normalized spacial score (nSPS) is 16.1. The molecule has 1 heterocycles. The fourth-order valence-electron chi connectivity index (χ4n) is 1.25. The summed E-state index contributed by atoms with van der Waals surface area (Å²) in [4.78, 5) is 13.1.